The molecule has 0 aliphatic rings. The van der Waals surface area contributed by atoms with Gasteiger partial charge in [0.2, 0.25) is 5.91 Å². The number of nitrogens with one attached hydrogen (secondary N) is 1. The zero-order valence-electron chi connectivity index (χ0n) is 14.7. The first-order valence-corrected chi connectivity index (χ1v) is 8.53. The maximum atomic E-state index is 12.0. The zero-order chi connectivity index (χ0) is 18.8. The van der Waals surface area contributed by atoms with Crippen LogP contribution in [0.5, 0.6) is 11.5 Å². The van der Waals surface area contributed by atoms with Crippen LogP contribution in [0.3, 0.4) is 0 Å². The Hall–Kier alpha value is -3.02. The highest BCUT2D eigenvalue weighted by Crippen LogP contribution is 2.18. The molecule has 0 saturated carbocycles. The van der Waals surface area contributed by atoms with Gasteiger partial charge in [-0.15, -0.1) is 0 Å². The molecule has 0 spiro atoms. The van der Waals surface area contributed by atoms with Crippen LogP contribution in [-0.2, 0) is 9.59 Å². The van der Waals surface area contributed by atoms with Gasteiger partial charge in [-0.25, -0.2) is 4.79 Å². The van der Waals surface area contributed by atoms with Gasteiger partial charge in [0.15, 0.2) is 6.04 Å². The Kier molecular flexibility index (Phi) is 7.49. The molecule has 2 N–H and O–H groups in total. The monoisotopic (exact) mass is 357 g/mol. The molecular formula is C20H23NO5. The van der Waals surface area contributed by atoms with Gasteiger partial charge in [0.1, 0.15) is 11.5 Å². The topological polar surface area (TPSA) is 84.9 Å². The molecule has 6 nitrogen and oxygen atoms in total. The third-order valence-corrected chi connectivity index (χ3v) is 3.64. The molecule has 0 radical (unpaired) electrons. The summed E-state index contributed by atoms with van der Waals surface area (Å²) < 4.78 is 10.9. The normalized spacial score (nSPS) is 11.4. The van der Waals surface area contributed by atoms with E-state index in [1.165, 1.54) is 0 Å². The van der Waals surface area contributed by atoms with E-state index in [-0.39, 0.29) is 12.3 Å². The van der Waals surface area contributed by atoms with Crippen LogP contribution in [0.15, 0.2) is 54.6 Å². The predicted molar refractivity (Wildman–Crippen MR) is 97.3 cm³/mol. The number of carbonyl (C=O) groups excluding carboxylic acids is 1. The number of hydrogen-bond donors (Lipinski definition) is 2. The number of hydrogen-bond acceptors (Lipinski definition) is 4. The Morgan fingerprint density at radius 2 is 1.62 bits per heavy atom. The van der Waals surface area contributed by atoms with E-state index in [4.69, 9.17) is 9.47 Å². The standard InChI is InChI=1S/C20H23NO5/c1-2-25-16-10-12-17(13-11-16)26-14-6-9-18(22)21-19(20(23)24)15-7-4-3-5-8-15/h3-5,7-8,10-13,19H,2,6,9,14H2,1H3,(H,21,22)(H,23,24)/t19-/m0/s1. The van der Waals surface area contributed by atoms with Crippen molar-refractivity contribution in [2.45, 2.75) is 25.8 Å². The van der Waals surface area contributed by atoms with Gasteiger partial charge in [0.25, 0.3) is 0 Å². The summed E-state index contributed by atoms with van der Waals surface area (Å²) in [5, 5.41) is 11.8. The Balaban J connectivity index is 1.75. The van der Waals surface area contributed by atoms with E-state index in [2.05, 4.69) is 5.32 Å². The van der Waals surface area contributed by atoms with Crippen LogP contribution >= 0.6 is 0 Å². The first kappa shape index (κ1) is 19.3. The van der Waals surface area contributed by atoms with E-state index in [1.807, 2.05) is 19.1 Å². The lowest BCUT2D eigenvalue weighted by atomic mass is 10.1. The number of rotatable bonds is 10. The molecule has 0 aromatic heterocycles. The maximum Gasteiger partial charge on any atom is 0.330 e. The van der Waals surface area contributed by atoms with E-state index in [0.717, 1.165) is 5.75 Å². The molecule has 0 unspecified atom stereocenters. The Morgan fingerprint density at radius 3 is 2.19 bits per heavy atom. The van der Waals surface area contributed by atoms with Crippen LogP contribution < -0.4 is 14.8 Å². The number of carboxylic acid groups (broad SMARTS) is 1. The Morgan fingerprint density at radius 1 is 1.00 bits per heavy atom. The minimum Gasteiger partial charge on any atom is -0.494 e. The molecule has 6 heteroatoms. The first-order chi connectivity index (χ1) is 12.6. The van der Waals surface area contributed by atoms with Crippen molar-refractivity contribution in [3.8, 4) is 11.5 Å². The van der Waals surface area contributed by atoms with E-state index in [0.29, 0.717) is 30.9 Å². The zero-order valence-corrected chi connectivity index (χ0v) is 14.7. The van der Waals surface area contributed by atoms with Crippen LogP contribution in [0, 0.1) is 0 Å². The predicted octanol–water partition coefficient (Wildman–Crippen LogP) is 3.19. The summed E-state index contributed by atoms with van der Waals surface area (Å²) in [7, 11) is 0. The van der Waals surface area contributed by atoms with E-state index in [1.54, 1.807) is 42.5 Å². The number of carbonyl (C=O) groups is 2. The molecular weight excluding hydrogens is 334 g/mol. The van der Waals surface area contributed by atoms with Crippen molar-refractivity contribution < 1.29 is 24.2 Å². The number of carboxylic acids is 1. The summed E-state index contributed by atoms with van der Waals surface area (Å²) >= 11 is 0. The van der Waals surface area contributed by atoms with E-state index in [9.17, 15) is 14.7 Å². The molecule has 0 saturated heterocycles. The molecule has 0 heterocycles. The number of amides is 1. The van der Waals surface area contributed by atoms with Crippen molar-refractivity contribution in [1.29, 1.82) is 0 Å². The third kappa shape index (κ3) is 6.12. The van der Waals surface area contributed by atoms with Gasteiger partial charge in [0, 0.05) is 6.42 Å². The summed E-state index contributed by atoms with van der Waals surface area (Å²) in [6.07, 6.45) is 0.674. The van der Waals surface area contributed by atoms with Gasteiger partial charge in [-0.3, -0.25) is 4.79 Å². The van der Waals surface area contributed by atoms with Crippen LogP contribution in [0.25, 0.3) is 0 Å². The van der Waals surface area contributed by atoms with Gasteiger partial charge in [-0.1, -0.05) is 30.3 Å². The largest absolute Gasteiger partial charge is 0.494 e. The second-order valence-corrected chi connectivity index (χ2v) is 5.61. The fourth-order valence-electron chi connectivity index (χ4n) is 2.39. The number of aliphatic carboxylic acids is 1. The molecule has 2 aromatic rings. The minimum absolute atomic E-state index is 0.188. The van der Waals surface area contributed by atoms with E-state index < -0.39 is 12.0 Å². The lowest BCUT2D eigenvalue weighted by molar-refractivity contribution is -0.142. The van der Waals surface area contributed by atoms with Crippen molar-refractivity contribution in [2.75, 3.05) is 13.2 Å². The fourth-order valence-corrected chi connectivity index (χ4v) is 2.39. The smallest absolute Gasteiger partial charge is 0.330 e. The van der Waals surface area contributed by atoms with Gasteiger partial charge < -0.3 is 19.9 Å². The minimum atomic E-state index is -1.09. The van der Waals surface area contributed by atoms with Gasteiger partial charge >= 0.3 is 5.97 Å². The summed E-state index contributed by atoms with van der Waals surface area (Å²) in [4.78, 5) is 23.4. The SMILES string of the molecule is CCOc1ccc(OCCCC(=O)N[C@H](C(=O)O)c2ccccc2)cc1. The highest BCUT2D eigenvalue weighted by atomic mass is 16.5. The quantitative estimate of drug-likeness (QED) is 0.638. The second-order valence-electron chi connectivity index (χ2n) is 5.61. The highest BCUT2D eigenvalue weighted by Gasteiger charge is 2.21. The number of ether oxygens (including phenoxy) is 2. The summed E-state index contributed by atoms with van der Waals surface area (Å²) in [6, 6.07) is 14.8. The van der Waals surface area contributed by atoms with Crippen LogP contribution in [-0.4, -0.2) is 30.2 Å². The summed E-state index contributed by atoms with van der Waals surface area (Å²) in [6.45, 7) is 2.89. The second kappa shape index (κ2) is 10.1. The van der Waals surface area contributed by atoms with Crippen molar-refractivity contribution in [2.24, 2.45) is 0 Å². The molecule has 0 bridgehead atoms. The fraction of sp³-hybridized carbons (Fsp3) is 0.300. The van der Waals surface area contributed by atoms with Crippen molar-refractivity contribution in [3.63, 3.8) is 0 Å². The van der Waals surface area contributed by atoms with Crippen molar-refractivity contribution in [1.82, 2.24) is 5.32 Å². The molecule has 2 aromatic carbocycles. The molecule has 0 aliphatic heterocycles. The summed E-state index contributed by atoms with van der Waals surface area (Å²) in [5.74, 6) is 0.0631. The lowest BCUT2D eigenvalue weighted by Gasteiger charge is -2.15. The van der Waals surface area contributed by atoms with E-state index >= 15 is 0 Å². The van der Waals surface area contributed by atoms with Crippen LogP contribution in [0.1, 0.15) is 31.4 Å². The Labute approximate surface area is 152 Å². The highest BCUT2D eigenvalue weighted by molar-refractivity contribution is 5.84. The number of benzene rings is 2. The van der Waals surface area contributed by atoms with Crippen molar-refractivity contribution >= 4 is 11.9 Å². The third-order valence-electron chi connectivity index (χ3n) is 3.64. The first-order valence-electron chi connectivity index (χ1n) is 8.53. The average molecular weight is 357 g/mol. The molecule has 2 rings (SSSR count). The van der Waals surface area contributed by atoms with Gasteiger partial charge in [-0.05, 0) is 43.2 Å². The maximum absolute atomic E-state index is 12.0. The van der Waals surface area contributed by atoms with Crippen LogP contribution in [0.4, 0.5) is 0 Å². The molecule has 0 fully saturated rings. The van der Waals surface area contributed by atoms with Gasteiger partial charge in [-0.2, -0.15) is 0 Å². The molecule has 1 atom stereocenters. The average Bonchev–Trinajstić information content (AvgIpc) is 2.65. The molecule has 138 valence electrons. The van der Waals surface area contributed by atoms with Gasteiger partial charge in [0.05, 0.1) is 13.2 Å². The molecule has 0 aliphatic carbocycles. The Bertz CT molecular complexity index is 700. The summed E-state index contributed by atoms with van der Waals surface area (Å²) in [5.41, 5.74) is 0.541. The molecule has 1 amide bonds. The van der Waals surface area contributed by atoms with Crippen LogP contribution in [0.2, 0.25) is 0 Å². The molecule has 26 heavy (non-hydrogen) atoms. The lowest BCUT2D eigenvalue weighted by Crippen LogP contribution is -2.33. The van der Waals surface area contributed by atoms with Crippen molar-refractivity contribution in [3.05, 3.63) is 60.2 Å².